The molecule has 1 heterocycles. The average molecular weight is 304 g/mol. The van der Waals surface area contributed by atoms with E-state index in [0.29, 0.717) is 5.92 Å². The smallest absolute Gasteiger partial charge is 0.317 e. The van der Waals surface area contributed by atoms with Gasteiger partial charge in [-0.1, -0.05) is 20.3 Å². The first-order valence-corrected chi connectivity index (χ1v) is 9.35. The number of nitrogens with one attached hydrogen (secondary N) is 1. The predicted octanol–water partition coefficient (Wildman–Crippen LogP) is 2.03. The highest BCUT2D eigenvalue weighted by atomic mass is 32.2. The number of amides is 2. The van der Waals surface area contributed by atoms with Crippen LogP contribution in [-0.4, -0.2) is 49.5 Å². The number of rotatable bonds is 4. The minimum Gasteiger partial charge on any atom is -0.335 e. The second-order valence-electron chi connectivity index (χ2n) is 6.09. The molecule has 0 aromatic heterocycles. The van der Waals surface area contributed by atoms with E-state index in [4.69, 9.17) is 0 Å². The number of likely N-dealkylation sites (tertiary alicyclic amines) is 1. The van der Waals surface area contributed by atoms with E-state index < -0.39 is 9.84 Å². The summed E-state index contributed by atoms with van der Waals surface area (Å²) in [6.07, 6.45) is 3.30. The lowest BCUT2D eigenvalue weighted by Crippen LogP contribution is -2.50. The summed E-state index contributed by atoms with van der Waals surface area (Å²) in [6.45, 7) is 8.34. The summed E-state index contributed by atoms with van der Waals surface area (Å²) in [6, 6.07) is -0.266. The van der Waals surface area contributed by atoms with Crippen molar-refractivity contribution in [3.05, 3.63) is 0 Å². The number of carbonyl (C=O) groups is 1. The fourth-order valence-electron chi connectivity index (χ4n) is 2.64. The predicted molar refractivity (Wildman–Crippen MR) is 81.5 cm³/mol. The number of nitrogens with zero attached hydrogens (tertiary/aromatic N) is 1. The van der Waals surface area contributed by atoms with Crippen LogP contribution in [0.15, 0.2) is 0 Å². The van der Waals surface area contributed by atoms with Crippen LogP contribution in [0, 0.1) is 5.92 Å². The van der Waals surface area contributed by atoms with Crippen LogP contribution in [-0.2, 0) is 9.84 Å². The van der Waals surface area contributed by atoms with Crippen molar-refractivity contribution >= 4 is 15.9 Å². The van der Waals surface area contributed by atoms with E-state index in [2.05, 4.69) is 19.2 Å². The first-order chi connectivity index (χ1) is 9.25. The van der Waals surface area contributed by atoms with Crippen molar-refractivity contribution in [2.45, 2.75) is 59.0 Å². The molecule has 118 valence electrons. The van der Waals surface area contributed by atoms with Crippen LogP contribution in [0.5, 0.6) is 0 Å². The van der Waals surface area contributed by atoms with Gasteiger partial charge in [-0.2, -0.15) is 0 Å². The molecule has 3 atom stereocenters. The molecule has 0 saturated carbocycles. The normalized spacial score (nSPS) is 25.9. The molecule has 0 aromatic carbocycles. The van der Waals surface area contributed by atoms with Gasteiger partial charge >= 0.3 is 6.03 Å². The largest absolute Gasteiger partial charge is 0.335 e. The van der Waals surface area contributed by atoms with Gasteiger partial charge in [-0.25, -0.2) is 13.2 Å². The first-order valence-electron chi connectivity index (χ1n) is 7.52. The topological polar surface area (TPSA) is 66.5 Å². The lowest BCUT2D eigenvalue weighted by atomic mass is 10.1. The molecule has 1 N–H and O–H groups in total. The van der Waals surface area contributed by atoms with Crippen molar-refractivity contribution in [2.24, 2.45) is 5.92 Å². The summed E-state index contributed by atoms with van der Waals surface area (Å²) in [4.78, 5) is 14.2. The van der Waals surface area contributed by atoms with Gasteiger partial charge in [-0.3, -0.25) is 0 Å². The third-order valence-corrected chi connectivity index (χ3v) is 5.82. The Morgan fingerprint density at radius 1 is 1.35 bits per heavy atom. The molecule has 0 bridgehead atoms. The Bertz CT molecular complexity index is 422. The maximum Gasteiger partial charge on any atom is 0.317 e. The van der Waals surface area contributed by atoms with E-state index in [1.807, 2.05) is 4.90 Å². The van der Waals surface area contributed by atoms with Crippen LogP contribution in [0.1, 0.15) is 47.0 Å². The number of urea groups is 1. The van der Waals surface area contributed by atoms with Crippen molar-refractivity contribution in [1.82, 2.24) is 10.2 Å². The highest BCUT2D eigenvalue weighted by Crippen LogP contribution is 2.20. The van der Waals surface area contributed by atoms with Crippen LogP contribution in [0.25, 0.3) is 0 Å². The Morgan fingerprint density at radius 2 is 2.00 bits per heavy atom. The number of sulfone groups is 1. The Balaban J connectivity index is 2.60. The molecule has 20 heavy (non-hydrogen) atoms. The van der Waals surface area contributed by atoms with Crippen LogP contribution in [0.4, 0.5) is 4.79 Å². The summed E-state index contributed by atoms with van der Waals surface area (Å²) < 4.78 is 23.1. The van der Waals surface area contributed by atoms with E-state index in [-0.39, 0.29) is 29.6 Å². The first kappa shape index (κ1) is 17.3. The number of carbonyl (C=O) groups excluding carboxylic acids is 1. The van der Waals surface area contributed by atoms with Gasteiger partial charge in [0.1, 0.15) is 0 Å². The Labute approximate surface area is 123 Å². The molecule has 1 aliphatic rings. The third-order valence-electron chi connectivity index (χ3n) is 3.93. The van der Waals surface area contributed by atoms with Gasteiger partial charge in [0.05, 0.1) is 5.75 Å². The van der Waals surface area contributed by atoms with Crippen molar-refractivity contribution in [3.8, 4) is 0 Å². The molecular weight excluding hydrogens is 276 g/mol. The van der Waals surface area contributed by atoms with Crippen LogP contribution < -0.4 is 5.32 Å². The zero-order valence-electron chi connectivity index (χ0n) is 13.1. The fraction of sp³-hybridized carbons (Fsp3) is 0.929. The van der Waals surface area contributed by atoms with Crippen LogP contribution in [0.2, 0.25) is 0 Å². The molecule has 5 nitrogen and oxygen atoms in total. The second kappa shape index (κ2) is 7.29. The maximum atomic E-state index is 12.3. The van der Waals surface area contributed by atoms with Crippen molar-refractivity contribution in [2.75, 3.05) is 18.1 Å². The van der Waals surface area contributed by atoms with E-state index in [9.17, 15) is 13.2 Å². The van der Waals surface area contributed by atoms with Crippen molar-refractivity contribution in [1.29, 1.82) is 0 Å². The molecular formula is C14H28N2O3S. The molecule has 2 amide bonds. The standard InChI is InChI=1S/C14H28N2O3S/c1-5-20(18,19)10-12(3)15-14(17)16-9-11(2)7-6-8-13(16)4/h11-13H,5-10H2,1-4H3,(H,15,17)/t11-,12+,13-/m1/s1. The highest BCUT2D eigenvalue weighted by molar-refractivity contribution is 7.91. The Morgan fingerprint density at radius 3 is 2.60 bits per heavy atom. The molecule has 1 aliphatic heterocycles. The highest BCUT2D eigenvalue weighted by Gasteiger charge is 2.26. The zero-order chi connectivity index (χ0) is 15.3. The summed E-state index contributed by atoms with van der Waals surface area (Å²) in [7, 11) is -3.06. The lowest BCUT2D eigenvalue weighted by molar-refractivity contribution is 0.171. The van der Waals surface area contributed by atoms with Gasteiger partial charge in [0.15, 0.2) is 9.84 Å². The van der Waals surface area contributed by atoms with Crippen LogP contribution >= 0.6 is 0 Å². The minimum atomic E-state index is -3.06. The monoisotopic (exact) mass is 304 g/mol. The molecule has 0 aromatic rings. The lowest BCUT2D eigenvalue weighted by Gasteiger charge is -2.30. The molecule has 1 rings (SSSR count). The van der Waals surface area contributed by atoms with Crippen molar-refractivity contribution in [3.63, 3.8) is 0 Å². The SMILES string of the molecule is CCS(=O)(=O)C[C@H](C)NC(=O)N1C[C@H](C)CCC[C@H]1C. The van der Waals surface area contributed by atoms with Gasteiger partial charge in [0, 0.05) is 24.4 Å². The second-order valence-corrected chi connectivity index (χ2v) is 8.48. The summed E-state index contributed by atoms with van der Waals surface area (Å²) in [5.41, 5.74) is 0. The third kappa shape index (κ3) is 5.31. The molecule has 1 saturated heterocycles. The zero-order valence-corrected chi connectivity index (χ0v) is 13.9. The van der Waals surface area contributed by atoms with Gasteiger partial charge in [-0.05, 0) is 32.6 Å². The number of hydrogen-bond acceptors (Lipinski definition) is 3. The van der Waals surface area contributed by atoms with Gasteiger partial charge < -0.3 is 10.2 Å². The number of hydrogen-bond donors (Lipinski definition) is 1. The quantitative estimate of drug-likeness (QED) is 0.864. The van der Waals surface area contributed by atoms with E-state index in [1.54, 1.807) is 13.8 Å². The van der Waals surface area contributed by atoms with Gasteiger partial charge in [-0.15, -0.1) is 0 Å². The van der Waals surface area contributed by atoms with E-state index in [1.165, 1.54) is 0 Å². The molecule has 1 fully saturated rings. The van der Waals surface area contributed by atoms with Crippen molar-refractivity contribution < 1.29 is 13.2 Å². The molecule has 0 spiro atoms. The molecule has 0 aliphatic carbocycles. The average Bonchev–Trinajstić information content (AvgIpc) is 2.50. The molecule has 0 unspecified atom stereocenters. The van der Waals surface area contributed by atoms with Crippen LogP contribution in [0.3, 0.4) is 0 Å². The minimum absolute atomic E-state index is 0.00696. The van der Waals surface area contributed by atoms with Gasteiger partial charge in [0.25, 0.3) is 0 Å². The Kier molecular flexibility index (Phi) is 6.30. The van der Waals surface area contributed by atoms with E-state index >= 15 is 0 Å². The summed E-state index contributed by atoms with van der Waals surface area (Å²) in [5.74, 6) is 0.623. The maximum absolute atomic E-state index is 12.3. The summed E-state index contributed by atoms with van der Waals surface area (Å²) in [5, 5.41) is 2.83. The van der Waals surface area contributed by atoms with E-state index in [0.717, 1.165) is 25.8 Å². The molecule has 0 radical (unpaired) electrons. The Hall–Kier alpha value is -0.780. The summed E-state index contributed by atoms with van der Waals surface area (Å²) >= 11 is 0. The fourth-order valence-corrected chi connectivity index (χ4v) is 3.72. The molecule has 6 heteroatoms. The van der Waals surface area contributed by atoms with Gasteiger partial charge in [0.2, 0.25) is 0 Å².